The first-order valence-electron chi connectivity index (χ1n) is 4.83. The zero-order valence-electron chi connectivity index (χ0n) is 8.53. The van der Waals surface area contributed by atoms with Gasteiger partial charge in [0.2, 0.25) is 5.95 Å². The molecule has 2 rings (SSSR count). The Morgan fingerprint density at radius 2 is 2.33 bits per heavy atom. The monoisotopic (exact) mass is 207 g/mol. The van der Waals surface area contributed by atoms with Crippen LogP contribution in [-0.2, 0) is 0 Å². The first-order chi connectivity index (χ1) is 7.29. The first-order valence-corrected chi connectivity index (χ1v) is 4.83. The summed E-state index contributed by atoms with van der Waals surface area (Å²) in [5.74, 6) is 1.14. The molecule has 80 valence electrons. The molecule has 2 heterocycles. The lowest BCUT2D eigenvalue weighted by Crippen LogP contribution is -2.10. The van der Waals surface area contributed by atoms with Crippen molar-refractivity contribution in [2.45, 2.75) is 13.3 Å². The molecule has 0 aliphatic heterocycles. The molecule has 6 heteroatoms. The molecule has 0 atom stereocenters. The summed E-state index contributed by atoms with van der Waals surface area (Å²) in [6.45, 7) is 3.19. The van der Waals surface area contributed by atoms with Crippen molar-refractivity contribution in [2.75, 3.05) is 18.4 Å². The lowest BCUT2D eigenvalue weighted by Gasteiger charge is -2.01. The number of nitrogens with two attached hydrogens (primary N) is 1. The molecule has 0 aliphatic carbocycles. The highest BCUT2D eigenvalue weighted by Crippen LogP contribution is 2.12. The maximum Gasteiger partial charge on any atom is 0.251 e. The quantitative estimate of drug-likeness (QED) is 0.717. The number of fused-ring (bicyclic) bond motifs is 1. The molecule has 0 saturated carbocycles. The van der Waals surface area contributed by atoms with E-state index in [0.717, 1.165) is 13.0 Å². The van der Waals surface area contributed by atoms with Crippen LogP contribution < -0.4 is 11.1 Å². The highest BCUT2D eigenvalue weighted by Gasteiger charge is 2.05. The molecule has 0 bridgehead atoms. The Bertz CT molecular complexity index is 453. The summed E-state index contributed by atoms with van der Waals surface area (Å²) in [6.07, 6.45) is 2.53. The Morgan fingerprint density at radius 3 is 3.13 bits per heavy atom. The van der Waals surface area contributed by atoms with Gasteiger partial charge in [0.05, 0.1) is 6.20 Å². The molecule has 3 N–H and O–H groups in total. The third-order valence-electron chi connectivity index (χ3n) is 1.92. The summed E-state index contributed by atoms with van der Waals surface area (Å²) >= 11 is 0. The fourth-order valence-corrected chi connectivity index (χ4v) is 1.23. The maximum absolute atomic E-state index is 5.38. The maximum atomic E-state index is 5.38. The van der Waals surface area contributed by atoms with Crippen molar-refractivity contribution in [2.24, 2.45) is 5.73 Å². The number of hydrogen-bond acceptors (Lipinski definition) is 6. The van der Waals surface area contributed by atoms with Crippen molar-refractivity contribution < 1.29 is 4.42 Å². The van der Waals surface area contributed by atoms with Gasteiger partial charge in [0.1, 0.15) is 5.52 Å². The second-order valence-corrected chi connectivity index (χ2v) is 3.19. The van der Waals surface area contributed by atoms with Crippen LogP contribution >= 0.6 is 0 Å². The number of rotatable bonds is 4. The predicted octanol–water partition coefficient (Wildman–Crippen LogP) is 0.687. The van der Waals surface area contributed by atoms with E-state index in [0.29, 0.717) is 29.6 Å². The molecule has 0 unspecified atom stereocenters. The number of nitrogens with one attached hydrogen (secondary N) is 1. The average Bonchev–Trinajstić information content (AvgIpc) is 2.57. The summed E-state index contributed by atoms with van der Waals surface area (Å²) in [7, 11) is 0. The normalized spacial score (nSPS) is 10.8. The van der Waals surface area contributed by atoms with E-state index in [4.69, 9.17) is 10.2 Å². The van der Waals surface area contributed by atoms with E-state index in [-0.39, 0.29) is 0 Å². The number of aryl methyl sites for hydroxylation is 1. The molecular weight excluding hydrogens is 194 g/mol. The van der Waals surface area contributed by atoms with Crippen LogP contribution in [0.1, 0.15) is 12.3 Å². The van der Waals surface area contributed by atoms with Crippen molar-refractivity contribution in [3.63, 3.8) is 0 Å². The minimum Gasteiger partial charge on any atom is -0.422 e. The molecule has 2 aromatic rings. The van der Waals surface area contributed by atoms with Gasteiger partial charge in [-0.3, -0.25) is 0 Å². The number of hydrogen-bond donors (Lipinski definition) is 2. The molecule has 0 aliphatic rings. The van der Waals surface area contributed by atoms with Crippen molar-refractivity contribution in [1.29, 1.82) is 0 Å². The summed E-state index contributed by atoms with van der Waals surface area (Å²) in [5, 5.41) is 3.06. The van der Waals surface area contributed by atoms with Crippen LogP contribution in [-0.4, -0.2) is 28.0 Å². The van der Waals surface area contributed by atoms with Gasteiger partial charge in [-0.2, -0.15) is 4.98 Å². The average molecular weight is 207 g/mol. The Hall–Kier alpha value is -1.69. The van der Waals surface area contributed by atoms with E-state index in [1.165, 1.54) is 0 Å². The van der Waals surface area contributed by atoms with Crippen LogP contribution in [0.15, 0.2) is 10.6 Å². The van der Waals surface area contributed by atoms with Gasteiger partial charge in [-0.05, 0) is 13.0 Å². The van der Waals surface area contributed by atoms with Crippen LogP contribution in [0.4, 0.5) is 5.95 Å². The highest BCUT2D eigenvalue weighted by atomic mass is 16.4. The molecule has 0 saturated heterocycles. The van der Waals surface area contributed by atoms with Crippen LogP contribution in [0, 0.1) is 6.92 Å². The van der Waals surface area contributed by atoms with Crippen molar-refractivity contribution in [3.8, 4) is 0 Å². The molecule has 2 aromatic heterocycles. The minimum absolute atomic E-state index is 0.512. The SMILES string of the molecule is Cc1nc2cnc(NCCCN)nc2o1. The van der Waals surface area contributed by atoms with E-state index < -0.39 is 0 Å². The summed E-state index contributed by atoms with van der Waals surface area (Å²) < 4.78 is 5.29. The molecule has 0 radical (unpaired) electrons. The Morgan fingerprint density at radius 1 is 1.47 bits per heavy atom. The third kappa shape index (κ3) is 2.21. The fraction of sp³-hybridized carbons (Fsp3) is 0.444. The number of oxazole rings is 1. The molecule has 0 amide bonds. The predicted molar refractivity (Wildman–Crippen MR) is 56.5 cm³/mol. The van der Waals surface area contributed by atoms with Gasteiger partial charge in [-0.1, -0.05) is 0 Å². The molecule has 6 nitrogen and oxygen atoms in total. The molecule has 15 heavy (non-hydrogen) atoms. The standard InChI is InChI=1S/C9H13N5O/c1-6-13-7-5-12-9(11-4-2-3-10)14-8(7)15-6/h5H,2-4,10H2,1H3,(H,11,12,14). The van der Waals surface area contributed by atoms with Gasteiger partial charge in [-0.15, -0.1) is 0 Å². The van der Waals surface area contributed by atoms with Gasteiger partial charge in [-0.25, -0.2) is 9.97 Å². The van der Waals surface area contributed by atoms with Gasteiger partial charge < -0.3 is 15.5 Å². The van der Waals surface area contributed by atoms with Gasteiger partial charge in [0.15, 0.2) is 5.89 Å². The molecule has 0 spiro atoms. The van der Waals surface area contributed by atoms with Crippen LogP contribution in [0.3, 0.4) is 0 Å². The molecule has 0 fully saturated rings. The second kappa shape index (κ2) is 4.22. The number of aromatic nitrogens is 3. The van der Waals surface area contributed by atoms with Crippen molar-refractivity contribution in [1.82, 2.24) is 15.0 Å². The Balaban J connectivity index is 2.15. The number of nitrogens with zero attached hydrogens (tertiary/aromatic N) is 3. The Kier molecular flexibility index (Phi) is 2.77. The largest absolute Gasteiger partial charge is 0.422 e. The van der Waals surface area contributed by atoms with Gasteiger partial charge >= 0.3 is 0 Å². The van der Waals surface area contributed by atoms with E-state index in [1.54, 1.807) is 13.1 Å². The highest BCUT2D eigenvalue weighted by molar-refractivity contribution is 5.67. The minimum atomic E-state index is 0.512. The topological polar surface area (TPSA) is 89.9 Å². The summed E-state index contributed by atoms with van der Waals surface area (Å²) in [6, 6.07) is 0. The van der Waals surface area contributed by atoms with E-state index in [9.17, 15) is 0 Å². The first kappa shape index (κ1) is 9.85. The molecular formula is C9H13N5O. The fourth-order valence-electron chi connectivity index (χ4n) is 1.23. The van der Waals surface area contributed by atoms with Crippen molar-refractivity contribution >= 4 is 17.2 Å². The lowest BCUT2D eigenvalue weighted by atomic mass is 10.4. The Labute approximate surface area is 86.9 Å². The van der Waals surface area contributed by atoms with E-state index in [2.05, 4.69) is 20.3 Å². The third-order valence-corrected chi connectivity index (χ3v) is 1.92. The zero-order chi connectivity index (χ0) is 10.7. The number of anilines is 1. The van der Waals surface area contributed by atoms with Gasteiger partial charge in [0, 0.05) is 13.5 Å². The molecule has 0 aromatic carbocycles. The smallest absolute Gasteiger partial charge is 0.251 e. The van der Waals surface area contributed by atoms with Crippen LogP contribution in [0.2, 0.25) is 0 Å². The van der Waals surface area contributed by atoms with Crippen LogP contribution in [0.25, 0.3) is 11.2 Å². The van der Waals surface area contributed by atoms with E-state index in [1.807, 2.05) is 0 Å². The summed E-state index contributed by atoms with van der Waals surface area (Å²) in [5.41, 5.74) is 6.57. The summed E-state index contributed by atoms with van der Waals surface area (Å²) in [4.78, 5) is 12.4. The van der Waals surface area contributed by atoms with Gasteiger partial charge in [0.25, 0.3) is 5.71 Å². The zero-order valence-corrected chi connectivity index (χ0v) is 8.53. The van der Waals surface area contributed by atoms with Crippen molar-refractivity contribution in [3.05, 3.63) is 12.1 Å². The second-order valence-electron chi connectivity index (χ2n) is 3.19. The van der Waals surface area contributed by atoms with E-state index >= 15 is 0 Å². The lowest BCUT2D eigenvalue weighted by molar-refractivity contribution is 0.551. The van der Waals surface area contributed by atoms with Crippen LogP contribution in [0.5, 0.6) is 0 Å².